The average molecular weight is 344 g/mol. The number of anilines is 1. The second-order valence-corrected chi connectivity index (χ2v) is 7.11. The summed E-state index contributed by atoms with van der Waals surface area (Å²) >= 11 is 0. The zero-order valence-electron chi connectivity index (χ0n) is 16.4. The summed E-state index contributed by atoms with van der Waals surface area (Å²) in [6.45, 7) is 4.41. The Balaban J connectivity index is 2.04. The molecule has 26 heavy (non-hydrogen) atoms. The molecule has 1 heteroatoms. The third kappa shape index (κ3) is 3.99. The first-order valence-electron chi connectivity index (χ1n) is 9.57. The van der Waals surface area contributed by atoms with Crippen molar-refractivity contribution in [3.8, 4) is 0 Å². The van der Waals surface area contributed by atoms with E-state index in [4.69, 9.17) is 0 Å². The van der Waals surface area contributed by atoms with Crippen LogP contribution in [0.4, 0.5) is 5.69 Å². The molecule has 3 aromatic rings. The van der Waals surface area contributed by atoms with Crippen molar-refractivity contribution in [3.05, 3.63) is 101 Å². The minimum atomic E-state index is 0.267. The molecule has 0 aliphatic carbocycles. The van der Waals surface area contributed by atoms with E-state index < -0.39 is 0 Å². The van der Waals surface area contributed by atoms with Gasteiger partial charge in [-0.15, -0.1) is 0 Å². The molecule has 0 atom stereocenters. The lowest BCUT2D eigenvalue weighted by Crippen LogP contribution is -2.09. The van der Waals surface area contributed by atoms with Crippen LogP contribution in [0, 0.1) is 0 Å². The van der Waals surface area contributed by atoms with Crippen LogP contribution in [-0.2, 0) is 12.8 Å². The Labute approximate surface area is 158 Å². The molecule has 3 aromatic carbocycles. The van der Waals surface area contributed by atoms with Crippen LogP contribution in [0.2, 0.25) is 0 Å². The van der Waals surface area contributed by atoms with Crippen molar-refractivity contribution in [2.75, 3.05) is 19.0 Å². The van der Waals surface area contributed by atoms with Crippen LogP contribution < -0.4 is 4.90 Å². The SMILES string of the molecule is CCc1ccc(C(c2ccc(CC)cc2)c2ccc(N(C)C)cc2)cc1. The van der Waals surface area contributed by atoms with E-state index in [1.54, 1.807) is 0 Å². The summed E-state index contributed by atoms with van der Waals surface area (Å²) in [4.78, 5) is 2.14. The van der Waals surface area contributed by atoms with Crippen LogP contribution in [-0.4, -0.2) is 14.1 Å². The second kappa shape index (κ2) is 8.23. The topological polar surface area (TPSA) is 3.24 Å². The Bertz CT molecular complexity index is 764. The molecule has 0 aromatic heterocycles. The lowest BCUT2D eigenvalue weighted by molar-refractivity contribution is 0.966. The van der Waals surface area contributed by atoms with Crippen LogP contribution in [0.15, 0.2) is 72.8 Å². The summed E-state index contributed by atoms with van der Waals surface area (Å²) in [5, 5.41) is 0. The molecule has 0 aliphatic heterocycles. The normalized spacial score (nSPS) is 11.0. The van der Waals surface area contributed by atoms with Crippen molar-refractivity contribution in [2.45, 2.75) is 32.6 Å². The van der Waals surface area contributed by atoms with Crippen LogP contribution >= 0.6 is 0 Å². The summed E-state index contributed by atoms with van der Waals surface area (Å²) in [7, 11) is 4.17. The summed E-state index contributed by atoms with van der Waals surface area (Å²) in [6.07, 6.45) is 2.15. The zero-order valence-corrected chi connectivity index (χ0v) is 16.4. The van der Waals surface area contributed by atoms with Gasteiger partial charge in [0.1, 0.15) is 0 Å². The van der Waals surface area contributed by atoms with Gasteiger partial charge in [0.2, 0.25) is 0 Å². The first kappa shape index (κ1) is 18.3. The molecule has 1 nitrogen and oxygen atoms in total. The average Bonchev–Trinajstić information content (AvgIpc) is 2.69. The molecule has 134 valence electrons. The van der Waals surface area contributed by atoms with E-state index in [-0.39, 0.29) is 5.92 Å². The summed E-state index contributed by atoms with van der Waals surface area (Å²) < 4.78 is 0. The van der Waals surface area contributed by atoms with E-state index >= 15 is 0 Å². The second-order valence-electron chi connectivity index (χ2n) is 7.11. The molecule has 0 bridgehead atoms. The summed E-state index contributed by atoms with van der Waals surface area (Å²) in [6, 6.07) is 27.2. The zero-order chi connectivity index (χ0) is 18.5. The van der Waals surface area contributed by atoms with Gasteiger partial charge in [0.25, 0.3) is 0 Å². The first-order valence-corrected chi connectivity index (χ1v) is 9.57. The van der Waals surface area contributed by atoms with Crippen molar-refractivity contribution < 1.29 is 0 Å². The highest BCUT2D eigenvalue weighted by atomic mass is 15.1. The smallest absolute Gasteiger partial charge is 0.0361 e. The molecule has 0 saturated carbocycles. The number of hydrogen-bond donors (Lipinski definition) is 0. The number of benzene rings is 3. The predicted molar refractivity (Wildman–Crippen MR) is 113 cm³/mol. The van der Waals surface area contributed by atoms with E-state index in [0.29, 0.717) is 0 Å². The van der Waals surface area contributed by atoms with Crippen LogP contribution in [0.3, 0.4) is 0 Å². The quantitative estimate of drug-likeness (QED) is 0.492. The summed E-state index contributed by atoms with van der Waals surface area (Å²) in [5.41, 5.74) is 8.04. The van der Waals surface area contributed by atoms with Gasteiger partial charge in [0.05, 0.1) is 0 Å². The van der Waals surface area contributed by atoms with Gasteiger partial charge in [0, 0.05) is 25.7 Å². The Hall–Kier alpha value is -2.54. The Morgan fingerprint density at radius 2 is 0.923 bits per heavy atom. The minimum Gasteiger partial charge on any atom is -0.378 e. The van der Waals surface area contributed by atoms with E-state index in [0.717, 1.165) is 12.8 Å². The van der Waals surface area contributed by atoms with Gasteiger partial charge < -0.3 is 4.90 Å². The van der Waals surface area contributed by atoms with E-state index in [9.17, 15) is 0 Å². The third-order valence-corrected chi connectivity index (χ3v) is 5.19. The molecule has 0 saturated heterocycles. The van der Waals surface area contributed by atoms with Gasteiger partial charge in [-0.3, -0.25) is 0 Å². The maximum atomic E-state index is 2.29. The number of hydrogen-bond acceptors (Lipinski definition) is 1. The highest BCUT2D eigenvalue weighted by molar-refractivity contribution is 5.51. The Morgan fingerprint density at radius 1 is 0.577 bits per heavy atom. The molecule has 3 rings (SSSR count). The van der Waals surface area contributed by atoms with Gasteiger partial charge in [-0.2, -0.15) is 0 Å². The largest absolute Gasteiger partial charge is 0.378 e. The van der Waals surface area contributed by atoms with E-state index in [1.807, 2.05) is 0 Å². The number of rotatable bonds is 6. The minimum absolute atomic E-state index is 0.267. The van der Waals surface area contributed by atoms with Gasteiger partial charge >= 0.3 is 0 Å². The predicted octanol–water partition coefficient (Wildman–Crippen LogP) is 6.06. The highest BCUT2D eigenvalue weighted by Crippen LogP contribution is 2.33. The van der Waals surface area contributed by atoms with E-state index in [1.165, 1.54) is 33.5 Å². The fourth-order valence-corrected chi connectivity index (χ4v) is 3.43. The van der Waals surface area contributed by atoms with Crippen LogP contribution in [0.25, 0.3) is 0 Å². The third-order valence-electron chi connectivity index (χ3n) is 5.19. The lowest BCUT2D eigenvalue weighted by Gasteiger charge is -2.21. The van der Waals surface area contributed by atoms with Crippen molar-refractivity contribution in [2.24, 2.45) is 0 Å². The Kier molecular flexibility index (Phi) is 5.78. The molecular weight excluding hydrogens is 314 g/mol. The number of aryl methyl sites for hydroxylation is 2. The van der Waals surface area contributed by atoms with Crippen molar-refractivity contribution >= 4 is 5.69 Å². The molecular formula is C25H29N. The first-order chi connectivity index (χ1) is 12.6. The van der Waals surface area contributed by atoms with Crippen molar-refractivity contribution in [1.82, 2.24) is 0 Å². The van der Waals surface area contributed by atoms with Gasteiger partial charge in [0.15, 0.2) is 0 Å². The monoisotopic (exact) mass is 343 g/mol. The summed E-state index contributed by atoms with van der Waals surface area (Å²) in [5.74, 6) is 0.267. The molecule has 0 fully saturated rings. The molecule has 0 aliphatic rings. The molecule has 0 heterocycles. The van der Waals surface area contributed by atoms with Gasteiger partial charge in [-0.25, -0.2) is 0 Å². The standard InChI is InChI=1S/C25H29N/c1-5-19-7-11-21(12-8-19)25(22-13-9-20(6-2)10-14-22)23-15-17-24(18-16-23)26(3)4/h7-18,25H,5-6H2,1-4H3. The van der Waals surface area contributed by atoms with Crippen LogP contribution in [0.1, 0.15) is 47.6 Å². The molecule has 0 spiro atoms. The van der Waals surface area contributed by atoms with E-state index in [2.05, 4.69) is 106 Å². The lowest BCUT2D eigenvalue weighted by atomic mass is 9.84. The molecule has 0 amide bonds. The highest BCUT2D eigenvalue weighted by Gasteiger charge is 2.17. The Morgan fingerprint density at radius 3 is 1.23 bits per heavy atom. The van der Waals surface area contributed by atoms with Crippen molar-refractivity contribution in [3.63, 3.8) is 0 Å². The number of nitrogens with zero attached hydrogens (tertiary/aromatic N) is 1. The molecule has 0 unspecified atom stereocenters. The fourth-order valence-electron chi connectivity index (χ4n) is 3.43. The van der Waals surface area contributed by atoms with Crippen molar-refractivity contribution in [1.29, 1.82) is 0 Å². The maximum Gasteiger partial charge on any atom is 0.0361 e. The fraction of sp³-hybridized carbons (Fsp3) is 0.280. The molecule has 0 radical (unpaired) electrons. The van der Waals surface area contributed by atoms with Crippen LogP contribution in [0.5, 0.6) is 0 Å². The van der Waals surface area contributed by atoms with Gasteiger partial charge in [-0.1, -0.05) is 74.5 Å². The molecule has 0 N–H and O–H groups in total. The van der Waals surface area contributed by atoms with Gasteiger partial charge in [-0.05, 0) is 52.8 Å². The maximum absolute atomic E-state index is 2.29.